The van der Waals surface area contributed by atoms with Crippen LogP contribution in [0.1, 0.15) is 0 Å². The fourth-order valence-electron chi connectivity index (χ4n) is 0.347. The summed E-state index contributed by atoms with van der Waals surface area (Å²) in [4.78, 5) is 10.1. The van der Waals surface area contributed by atoms with E-state index in [9.17, 15) is 4.79 Å². The van der Waals surface area contributed by atoms with Crippen molar-refractivity contribution < 1.29 is 9.90 Å². The smallest absolute Gasteiger partial charge is 0.192 e. The predicted octanol–water partition coefficient (Wildman–Crippen LogP) is 0.567. The lowest BCUT2D eigenvalue weighted by Crippen LogP contribution is -2.11. The molecule has 0 radical (unpaired) electrons. The first kappa shape index (κ1) is 4.12. The van der Waals surface area contributed by atoms with Crippen molar-refractivity contribution in [1.29, 1.82) is 0 Å². The van der Waals surface area contributed by atoms with Gasteiger partial charge in [-0.3, -0.25) is 4.79 Å². The van der Waals surface area contributed by atoms with Crippen LogP contribution >= 0.6 is 0 Å². The van der Waals surface area contributed by atoms with Gasteiger partial charge in [0.05, 0.1) is 5.57 Å². The lowest BCUT2D eigenvalue weighted by molar-refractivity contribution is -0.112. The van der Waals surface area contributed by atoms with Crippen LogP contribution in [0.15, 0.2) is 24.0 Å². The molecule has 1 aliphatic rings. The minimum absolute atomic E-state index is 0.0185. The van der Waals surface area contributed by atoms with Crippen LogP contribution < -0.4 is 0 Å². The molecule has 0 heterocycles. The molecule has 1 aliphatic carbocycles. The summed E-state index contributed by atoms with van der Waals surface area (Å²) >= 11 is 0. The second-order valence-corrected chi connectivity index (χ2v) is 1.37. The topological polar surface area (TPSA) is 37.3 Å². The number of aliphatic hydroxyl groups is 1. The molecule has 0 atom stereocenters. The summed E-state index contributed by atoms with van der Waals surface area (Å²) in [5.41, 5.74) is 0.222. The van der Waals surface area contributed by atoms with Crippen LogP contribution in [0.25, 0.3) is 0 Å². The Hall–Kier alpha value is -1.05. The molecule has 0 saturated heterocycles. The van der Waals surface area contributed by atoms with E-state index in [1.807, 2.05) is 0 Å². The summed E-state index contributed by atoms with van der Waals surface area (Å²) in [6.45, 7) is 3.25. The van der Waals surface area contributed by atoms with Crippen LogP contribution in [-0.4, -0.2) is 10.9 Å². The number of rotatable bonds is 0. The zero-order chi connectivity index (χ0) is 5.44. The average molecular weight is 96.1 g/mol. The highest BCUT2D eigenvalue weighted by Gasteiger charge is 2.18. The van der Waals surface area contributed by atoms with Crippen LogP contribution in [0.5, 0.6) is 0 Å². The molecule has 0 bridgehead atoms. The zero-order valence-electron chi connectivity index (χ0n) is 3.64. The lowest BCUT2D eigenvalue weighted by atomic mass is 10.0. The Labute approximate surface area is 40.8 Å². The molecular formula is C5H4O2. The quantitative estimate of drug-likeness (QED) is 0.447. The Bertz CT molecular complexity index is 165. The van der Waals surface area contributed by atoms with E-state index < -0.39 is 0 Å². The summed E-state index contributed by atoms with van der Waals surface area (Å²) in [5.74, 6) is -0.150. The summed E-state index contributed by atoms with van der Waals surface area (Å²) in [5, 5.41) is 8.43. The summed E-state index contributed by atoms with van der Waals surface area (Å²) in [7, 11) is 0. The van der Waals surface area contributed by atoms with E-state index in [0.29, 0.717) is 0 Å². The van der Waals surface area contributed by atoms with Crippen molar-refractivity contribution in [3.63, 3.8) is 0 Å². The normalized spacial score (nSPS) is 18.6. The fraction of sp³-hybridized carbons (Fsp3) is 0. The van der Waals surface area contributed by atoms with E-state index >= 15 is 0 Å². The van der Waals surface area contributed by atoms with Crippen molar-refractivity contribution in [2.75, 3.05) is 0 Å². The SMILES string of the molecule is C=C1C(=O)C=C1O. The average Bonchev–Trinajstić information content (AvgIpc) is 1.68. The Morgan fingerprint density at radius 1 is 1.71 bits per heavy atom. The first-order valence-corrected chi connectivity index (χ1v) is 1.86. The summed E-state index contributed by atoms with van der Waals surface area (Å²) in [6, 6.07) is 0. The molecule has 36 valence electrons. The highest BCUT2D eigenvalue weighted by molar-refractivity contribution is 6.14. The second-order valence-electron chi connectivity index (χ2n) is 1.37. The van der Waals surface area contributed by atoms with Gasteiger partial charge in [0.1, 0.15) is 5.76 Å². The number of allylic oxidation sites excluding steroid dienone is 2. The van der Waals surface area contributed by atoms with Crippen LogP contribution in [0.3, 0.4) is 0 Å². The van der Waals surface area contributed by atoms with Gasteiger partial charge in [-0.25, -0.2) is 0 Å². The first-order valence-electron chi connectivity index (χ1n) is 1.86. The molecular weight excluding hydrogens is 92.1 g/mol. The summed E-state index contributed by atoms with van der Waals surface area (Å²) in [6.07, 6.45) is 1.14. The van der Waals surface area contributed by atoms with Gasteiger partial charge in [0.2, 0.25) is 0 Å². The molecule has 0 unspecified atom stereocenters. The second kappa shape index (κ2) is 0.964. The first-order chi connectivity index (χ1) is 3.22. The Kier molecular flexibility index (Phi) is 0.567. The zero-order valence-corrected chi connectivity index (χ0v) is 3.64. The maximum Gasteiger partial charge on any atom is 0.192 e. The van der Waals surface area contributed by atoms with Crippen LogP contribution in [0, 0.1) is 0 Å². The Morgan fingerprint density at radius 3 is 2.29 bits per heavy atom. The number of carbonyl (C=O) groups is 1. The van der Waals surface area contributed by atoms with E-state index in [1.165, 1.54) is 0 Å². The third kappa shape index (κ3) is 0.359. The third-order valence-corrected chi connectivity index (χ3v) is 0.874. The Morgan fingerprint density at radius 2 is 2.29 bits per heavy atom. The largest absolute Gasteiger partial charge is 0.507 e. The van der Waals surface area contributed by atoms with Crippen LogP contribution in [0.4, 0.5) is 0 Å². The maximum atomic E-state index is 10.1. The highest BCUT2D eigenvalue weighted by Crippen LogP contribution is 2.15. The molecule has 0 aromatic heterocycles. The molecule has 2 nitrogen and oxygen atoms in total. The molecule has 0 fully saturated rings. The standard InChI is InChI=1S/C5H4O2/c1-3-4(6)2-5(3)7/h2,6H,1H2. The van der Waals surface area contributed by atoms with E-state index in [2.05, 4.69) is 6.58 Å². The monoisotopic (exact) mass is 96.0 g/mol. The molecule has 7 heavy (non-hydrogen) atoms. The van der Waals surface area contributed by atoms with Crippen molar-refractivity contribution in [2.45, 2.75) is 0 Å². The van der Waals surface area contributed by atoms with Crippen molar-refractivity contribution in [1.82, 2.24) is 0 Å². The lowest BCUT2D eigenvalue weighted by Gasteiger charge is -2.07. The molecule has 0 aromatic carbocycles. The van der Waals surface area contributed by atoms with Gasteiger partial charge >= 0.3 is 0 Å². The van der Waals surface area contributed by atoms with Crippen molar-refractivity contribution in [3.05, 3.63) is 24.0 Å². The fourth-order valence-corrected chi connectivity index (χ4v) is 0.347. The maximum absolute atomic E-state index is 10.1. The number of hydrogen-bond acceptors (Lipinski definition) is 2. The van der Waals surface area contributed by atoms with Gasteiger partial charge in [0, 0.05) is 6.08 Å². The van der Waals surface area contributed by atoms with Gasteiger partial charge in [0.15, 0.2) is 5.78 Å². The van der Waals surface area contributed by atoms with Gasteiger partial charge < -0.3 is 5.11 Å². The molecule has 2 heteroatoms. The van der Waals surface area contributed by atoms with E-state index in [-0.39, 0.29) is 17.1 Å². The molecule has 0 aliphatic heterocycles. The summed E-state index contributed by atoms with van der Waals surface area (Å²) < 4.78 is 0. The molecule has 0 aromatic rings. The molecule has 1 N–H and O–H groups in total. The minimum atomic E-state index is -0.169. The van der Waals surface area contributed by atoms with Crippen LogP contribution in [0.2, 0.25) is 0 Å². The molecule has 1 rings (SSSR count). The number of hydrogen-bond donors (Lipinski definition) is 1. The number of carbonyl (C=O) groups excluding carboxylic acids is 1. The van der Waals surface area contributed by atoms with Crippen molar-refractivity contribution in [3.8, 4) is 0 Å². The molecule has 0 saturated carbocycles. The van der Waals surface area contributed by atoms with Gasteiger partial charge in [-0.15, -0.1) is 0 Å². The Balaban J connectivity index is 2.96. The number of ketones is 1. The van der Waals surface area contributed by atoms with E-state index in [0.717, 1.165) is 6.08 Å². The van der Waals surface area contributed by atoms with Gasteiger partial charge in [-0.1, -0.05) is 6.58 Å². The minimum Gasteiger partial charge on any atom is -0.507 e. The van der Waals surface area contributed by atoms with Crippen molar-refractivity contribution >= 4 is 5.78 Å². The van der Waals surface area contributed by atoms with Gasteiger partial charge in [-0.2, -0.15) is 0 Å². The van der Waals surface area contributed by atoms with Gasteiger partial charge in [-0.05, 0) is 0 Å². The van der Waals surface area contributed by atoms with Gasteiger partial charge in [0.25, 0.3) is 0 Å². The van der Waals surface area contributed by atoms with Crippen LogP contribution in [-0.2, 0) is 4.79 Å². The van der Waals surface area contributed by atoms with E-state index in [4.69, 9.17) is 5.11 Å². The van der Waals surface area contributed by atoms with Crippen molar-refractivity contribution in [2.24, 2.45) is 0 Å². The number of aliphatic hydroxyl groups excluding tert-OH is 1. The molecule has 0 spiro atoms. The highest BCUT2D eigenvalue weighted by atomic mass is 16.3. The third-order valence-electron chi connectivity index (χ3n) is 0.874. The van der Waals surface area contributed by atoms with E-state index in [1.54, 1.807) is 0 Å². The molecule has 0 amide bonds. The predicted molar refractivity (Wildman–Crippen MR) is 24.9 cm³/mol.